The van der Waals surface area contributed by atoms with Gasteiger partial charge in [0.2, 0.25) is 0 Å². The van der Waals surface area contributed by atoms with Gasteiger partial charge in [-0.05, 0) is 30.7 Å². The van der Waals surface area contributed by atoms with E-state index in [4.69, 9.17) is 9.47 Å². The summed E-state index contributed by atoms with van der Waals surface area (Å²) in [6, 6.07) is 6.84. The van der Waals surface area contributed by atoms with Gasteiger partial charge in [0, 0.05) is 19.0 Å². The molecule has 2 atom stereocenters. The summed E-state index contributed by atoms with van der Waals surface area (Å²) in [6.07, 6.45) is 2.41. The summed E-state index contributed by atoms with van der Waals surface area (Å²) in [4.78, 5) is 2.42. The van der Waals surface area contributed by atoms with E-state index in [-0.39, 0.29) is 0 Å². The zero-order valence-corrected chi connectivity index (χ0v) is 10.5. The van der Waals surface area contributed by atoms with Gasteiger partial charge in [0.05, 0.1) is 19.8 Å². The second-order valence-electron chi connectivity index (χ2n) is 4.96. The molecule has 1 aliphatic heterocycles. The maximum Gasteiger partial charge on any atom is 0.122 e. The van der Waals surface area contributed by atoms with Crippen molar-refractivity contribution < 1.29 is 9.47 Å². The summed E-state index contributed by atoms with van der Waals surface area (Å²) in [7, 11) is 3.95. The monoisotopic (exact) mass is 233 g/mol. The molecular formula is C14H19NO2. The van der Waals surface area contributed by atoms with Crippen LogP contribution in [0.2, 0.25) is 0 Å². The van der Waals surface area contributed by atoms with E-state index in [2.05, 4.69) is 30.1 Å². The van der Waals surface area contributed by atoms with Gasteiger partial charge in [0.25, 0.3) is 0 Å². The Morgan fingerprint density at radius 2 is 2.24 bits per heavy atom. The molecule has 1 aromatic carbocycles. The van der Waals surface area contributed by atoms with Crippen molar-refractivity contribution in [2.24, 2.45) is 0 Å². The van der Waals surface area contributed by atoms with Crippen LogP contribution >= 0.6 is 0 Å². The van der Waals surface area contributed by atoms with Gasteiger partial charge in [-0.2, -0.15) is 0 Å². The summed E-state index contributed by atoms with van der Waals surface area (Å²) in [6.45, 7) is 1.89. The standard InChI is InChI=1S/C14H19NO2/c1-15-6-7-17-14-8-10-4-3-5-13(16-2)11(10)9-12(14)15/h3-5,12,14H,6-9H2,1-2H3. The van der Waals surface area contributed by atoms with Crippen LogP contribution in [-0.2, 0) is 17.6 Å². The van der Waals surface area contributed by atoms with E-state index in [1.54, 1.807) is 7.11 Å². The molecule has 92 valence electrons. The van der Waals surface area contributed by atoms with Gasteiger partial charge in [-0.15, -0.1) is 0 Å². The molecule has 1 heterocycles. The molecule has 0 radical (unpaired) electrons. The maximum absolute atomic E-state index is 5.90. The molecule has 1 aromatic rings. The van der Waals surface area contributed by atoms with Gasteiger partial charge >= 0.3 is 0 Å². The highest BCUT2D eigenvalue weighted by atomic mass is 16.5. The lowest BCUT2D eigenvalue weighted by molar-refractivity contribution is -0.0645. The fourth-order valence-electron chi connectivity index (χ4n) is 3.04. The summed E-state index contributed by atoms with van der Waals surface area (Å²) < 4.78 is 11.4. The quantitative estimate of drug-likeness (QED) is 0.733. The summed E-state index contributed by atoms with van der Waals surface area (Å²) >= 11 is 0. The van der Waals surface area contributed by atoms with Crippen LogP contribution in [0.3, 0.4) is 0 Å². The number of hydrogen-bond donors (Lipinski definition) is 0. The van der Waals surface area contributed by atoms with Gasteiger partial charge in [-0.3, -0.25) is 4.90 Å². The van der Waals surface area contributed by atoms with Crippen molar-refractivity contribution in [3.8, 4) is 5.75 Å². The number of hydrogen-bond acceptors (Lipinski definition) is 3. The molecule has 2 aliphatic rings. The molecule has 0 spiro atoms. The largest absolute Gasteiger partial charge is 0.496 e. The second kappa shape index (κ2) is 4.31. The average Bonchev–Trinajstić information content (AvgIpc) is 2.36. The van der Waals surface area contributed by atoms with Crippen molar-refractivity contribution in [3.63, 3.8) is 0 Å². The molecule has 1 fully saturated rings. The molecule has 2 unspecified atom stereocenters. The summed E-state index contributed by atoms with van der Waals surface area (Å²) in [5.41, 5.74) is 2.76. The van der Waals surface area contributed by atoms with Gasteiger partial charge in [0.15, 0.2) is 0 Å². The number of benzene rings is 1. The third-order valence-corrected chi connectivity index (χ3v) is 4.06. The van der Waals surface area contributed by atoms with Gasteiger partial charge in [-0.1, -0.05) is 12.1 Å². The van der Waals surface area contributed by atoms with Crippen molar-refractivity contribution in [2.45, 2.75) is 25.0 Å². The molecule has 0 N–H and O–H groups in total. The zero-order valence-electron chi connectivity index (χ0n) is 10.5. The van der Waals surface area contributed by atoms with E-state index in [0.29, 0.717) is 12.1 Å². The number of morpholine rings is 1. The maximum atomic E-state index is 5.90. The Morgan fingerprint density at radius 1 is 1.35 bits per heavy atom. The molecule has 0 aromatic heterocycles. The number of fused-ring (bicyclic) bond motifs is 2. The lowest BCUT2D eigenvalue weighted by Crippen LogP contribution is -2.53. The number of methoxy groups -OCH3 is 1. The first-order valence-electron chi connectivity index (χ1n) is 6.26. The smallest absolute Gasteiger partial charge is 0.122 e. The number of likely N-dealkylation sites (N-methyl/N-ethyl adjacent to an activating group) is 1. The van der Waals surface area contributed by atoms with E-state index >= 15 is 0 Å². The van der Waals surface area contributed by atoms with Crippen molar-refractivity contribution in [3.05, 3.63) is 29.3 Å². The van der Waals surface area contributed by atoms with Crippen molar-refractivity contribution in [2.75, 3.05) is 27.3 Å². The molecule has 3 rings (SSSR count). The molecule has 3 heteroatoms. The Labute approximate surface area is 102 Å². The molecule has 1 aliphatic carbocycles. The van der Waals surface area contributed by atoms with Crippen LogP contribution in [0, 0.1) is 0 Å². The molecule has 17 heavy (non-hydrogen) atoms. The second-order valence-corrected chi connectivity index (χ2v) is 4.96. The van der Waals surface area contributed by atoms with E-state index in [0.717, 1.165) is 31.7 Å². The van der Waals surface area contributed by atoms with E-state index < -0.39 is 0 Å². The number of rotatable bonds is 1. The number of ether oxygens (including phenoxy) is 2. The van der Waals surface area contributed by atoms with Crippen LogP contribution in [0.1, 0.15) is 11.1 Å². The van der Waals surface area contributed by atoms with E-state index in [9.17, 15) is 0 Å². The molecule has 0 bridgehead atoms. The fraction of sp³-hybridized carbons (Fsp3) is 0.571. The Bertz CT molecular complexity index is 419. The van der Waals surface area contributed by atoms with E-state index in [1.165, 1.54) is 11.1 Å². The minimum absolute atomic E-state index is 0.355. The SMILES string of the molecule is COc1cccc2c1CC1C(C2)OCCN1C. The predicted molar refractivity (Wildman–Crippen MR) is 66.6 cm³/mol. The Hall–Kier alpha value is -1.06. The van der Waals surface area contributed by atoms with Crippen LogP contribution < -0.4 is 4.74 Å². The molecule has 3 nitrogen and oxygen atoms in total. The van der Waals surface area contributed by atoms with Crippen LogP contribution in [0.4, 0.5) is 0 Å². The van der Waals surface area contributed by atoms with Crippen molar-refractivity contribution in [1.82, 2.24) is 4.90 Å². The minimum Gasteiger partial charge on any atom is -0.496 e. The first-order valence-corrected chi connectivity index (χ1v) is 6.26. The van der Waals surface area contributed by atoms with Crippen LogP contribution in [0.25, 0.3) is 0 Å². The topological polar surface area (TPSA) is 21.7 Å². The van der Waals surface area contributed by atoms with Crippen molar-refractivity contribution >= 4 is 0 Å². The lowest BCUT2D eigenvalue weighted by atomic mass is 9.84. The molecular weight excluding hydrogens is 214 g/mol. The molecule has 1 saturated heterocycles. The van der Waals surface area contributed by atoms with Crippen LogP contribution in [-0.4, -0.2) is 44.4 Å². The minimum atomic E-state index is 0.355. The summed E-state index contributed by atoms with van der Waals surface area (Å²) in [5, 5.41) is 0. The third-order valence-electron chi connectivity index (χ3n) is 4.06. The predicted octanol–water partition coefficient (Wildman–Crippen LogP) is 1.49. The van der Waals surface area contributed by atoms with Crippen molar-refractivity contribution in [1.29, 1.82) is 0 Å². The average molecular weight is 233 g/mol. The molecule has 0 saturated carbocycles. The molecule has 0 amide bonds. The Balaban J connectivity index is 1.96. The number of nitrogens with zero attached hydrogens (tertiary/aromatic N) is 1. The highest BCUT2D eigenvalue weighted by molar-refractivity contribution is 5.43. The van der Waals surface area contributed by atoms with Crippen LogP contribution in [0.15, 0.2) is 18.2 Å². The Morgan fingerprint density at radius 3 is 3.06 bits per heavy atom. The summed E-state index contributed by atoms with van der Waals surface area (Å²) in [5.74, 6) is 1.03. The van der Waals surface area contributed by atoms with Crippen LogP contribution in [0.5, 0.6) is 5.75 Å². The fourth-order valence-corrected chi connectivity index (χ4v) is 3.04. The Kier molecular flexibility index (Phi) is 2.81. The third kappa shape index (κ3) is 1.83. The first kappa shape index (κ1) is 11.1. The highest BCUT2D eigenvalue weighted by Gasteiger charge is 2.35. The first-order chi connectivity index (χ1) is 8.29. The van der Waals surface area contributed by atoms with E-state index in [1.807, 2.05) is 0 Å². The van der Waals surface area contributed by atoms with Gasteiger partial charge in [0.1, 0.15) is 5.75 Å². The lowest BCUT2D eigenvalue weighted by Gasteiger charge is -2.42. The normalized spacial score (nSPS) is 28.4. The van der Waals surface area contributed by atoms with Gasteiger partial charge < -0.3 is 9.47 Å². The zero-order chi connectivity index (χ0) is 11.8. The highest BCUT2D eigenvalue weighted by Crippen LogP contribution is 2.33. The van der Waals surface area contributed by atoms with Gasteiger partial charge in [-0.25, -0.2) is 0 Å².